The van der Waals surface area contributed by atoms with Gasteiger partial charge in [-0.25, -0.2) is 4.79 Å². The highest BCUT2D eigenvalue weighted by Gasteiger charge is 2.54. The number of rotatable bonds is 20. The molecule has 18 nitrogen and oxygen atoms in total. The van der Waals surface area contributed by atoms with Crippen LogP contribution in [0, 0.1) is 0 Å². The van der Waals surface area contributed by atoms with E-state index in [0.29, 0.717) is 0 Å². The van der Waals surface area contributed by atoms with E-state index in [4.69, 9.17) is 47.4 Å². The molecule has 3 aromatic rings. The first-order chi connectivity index (χ1) is 31.6. The first-order valence-electron chi connectivity index (χ1n) is 22.3. The van der Waals surface area contributed by atoms with E-state index in [0.717, 1.165) is 16.7 Å². The number of amides is 2. The second-order valence-corrected chi connectivity index (χ2v) is 17.5. The number of methoxy groups -OCH3 is 1. The van der Waals surface area contributed by atoms with Crippen molar-refractivity contribution in [2.24, 2.45) is 0 Å². The maximum absolute atomic E-state index is 12.8. The molecule has 0 radical (unpaired) electrons. The molecule has 0 saturated carbocycles. The molecule has 364 valence electrons. The molecule has 3 fully saturated rings. The van der Waals surface area contributed by atoms with E-state index in [1.807, 2.05) is 91.0 Å². The van der Waals surface area contributed by atoms with Crippen molar-refractivity contribution in [1.82, 2.24) is 10.6 Å². The number of ether oxygens (including phenoxy) is 10. The first kappa shape index (κ1) is 51.3. The summed E-state index contributed by atoms with van der Waals surface area (Å²) in [6.07, 6.45) is -17.1. The van der Waals surface area contributed by atoms with E-state index in [2.05, 4.69) is 10.6 Å². The largest absolute Gasteiger partial charge is 0.445 e. The summed E-state index contributed by atoms with van der Waals surface area (Å²) < 4.78 is 61.6. The Kier molecular flexibility index (Phi) is 18.8. The van der Waals surface area contributed by atoms with Crippen LogP contribution < -0.4 is 10.6 Å². The monoisotopic (exact) mass is 926 g/mol. The highest BCUT2D eigenvalue weighted by molar-refractivity contribution is 5.77. The van der Waals surface area contributed by atoms with E-state index >= 15 is 0 Å². The summed E-state index contributed by atoms with van der Waals surface area (Å²) in [6, 6.07) is 27.1. The van der Waals surface area contributed by atoms with Crippen molar-refractivity contribution in [3.8, 4) is 0 Å². The van der Waals surface area contributed by atoms with Crippen LogP contribution in [0.3, 0.4) is 0 Å². The molecule has 3 aliphatic rings. The molecule has 0 aromatic heterocycles. The van der Waals surface area contributed by atoms with Gasteiger partial charge in [-0.05, 0) is 51.3 Å². The van der Waals surface area contributed by atoms with Crippen molar-refractivity contribution >= 4 is 12.0 Å². The summed E-state index contributed by atoms with van der Waals surface area (Å²) in [5, 5.41) is 51.3. The Morgan fingerprint density at radius 1 is 0.606 bits per heavy atom. The third kappa shape index (κ3) is 14.2. The SMILES string of the molecule is CO[C@H]1[C@H](O[C@H]2[C@@H](O)[C@H](O[C@H]3[C@@H](O)[C@H](OCCNC(=O)OCc4ccccc4)O[C@@H](C)[C@@H]3OCc3ccccc3)O[C@@H](C)[C@@H]2OCc2ccccc2)O[C@H](C)[C@@H](NC(=O)CC(C)(C)O)[C@@H]1O. The first-order valence-corrected chi connectivity index (χ1v) is 22.3. The lowest BCUT2D eigenvalue weighted by atomic mass is 9.94. The molecule has 3 aliphatic heterocycles. The van der Waals surface area contributed by atoms with Crippen LogP contribution in [0.25, 0.3) is 0 Å². The lowest BCUT2D eigenvalue weighted by Crippen LogP contribution is -2.67. The standard InChI is InChI=1S/C48H66N2O16/c1-28-35(50-34(51)24-48(4,5)56)36(52)43(57-6)46(62-28)66-42-38(54)45(64-30(3)40(42)60-26-32-18-12-8-13-19-32)65-41-37(53)44(63-29(2)39(41)59-25-31-16-10-7-11-17-31)58-23-22-49-47(55)61-27-33-20-14-9-15-21-33/h7-21,28-30,35-46,52-54,56H,22-27H2,1-6H3,(H,49,55)(H,50,51)/t28-,29+,30+,35-,36+,37-,38-,39+,40+,41+,42+,43-,44-,45+,46+/m1/s1. The third-order valence-corrected chi connectivity index (χ3v) is 11.5. The topological polar surface area (TPSA) is 231 Å². The minimum atomic E-state index is -1.61. The van der Waals surface area contributed by atoms with Gasteiger partial charge in [0.15, 0.2) is 18.9 Å². The van der Waals surface area contributed by atoms with Crippen LogP contribution in [0.2, 0.25) is 0 Å². The highest BCUT2D eigenvalue weighted by atomic mass is 16.8. The van der Waals surface area contributed by atoms with Crippen LogP contribution in [0.15, 0.2) is 91.0 Å². The van der Waals surface area contributed by atoms with E-state index in [1.54, 1.807) is 20.8 Å². The molecule has 2 amide bonds. The molecule has 3 saturated heterocycles. The van der Waals surface area contributed by atoms with Gasteiger partial charge in [0.2, 0.25) is 5.91 Å². The molecular weight excluding hydrogens is 861 g/mol. The van der Waals surface area contributed by atoms with Crippen LogP contribution in [-0.4, -0.2) is 150 Å². The van der Waals surface area contributed by atoms with Crippen molar-refractivity contribution in [1.29, 1.82) is 0 Å². The van der Waals surface area contributed by atoms with Gasteiger partial charge >= 0.3 is 6.09 Å². The normalized spacial score (nSPS) is 32.6. The molecule has 15 atom stereocenters. The predicted molar refractivity (Wildman–Crippen MR) is 235 cm³/mol. The maximum Gasteiger partial charge on any atom is 0.407 e. The second-order valence-electron chi connectivity index (χ2n) is 17.5. The molecule has 6 N–H and O–H groups in total. The van der Waals surface area contributed by atoms with E-state index in [-0.39, 0.29) is 39.4 Å². The minimum absolute atomic E-state index is 0.0341. The van der Waals surface area contributed by atoms with Crippen LogP contribution in [-0.2, 0) is 72.0 Å². The lowest BCUT2D eigenvalue weighted by molar-refractivity contribution is -0.378. The van der Waals surface area contributed by atoms with Gasteiger partial charge in [0.05, 0.1) is 56.2 Å². The molecule has 0 aliphatic carbocycles. The highest BCUT2D eigenvalue weighted by Crippen LogP contribution is 2.35. The molecule has 3 heterocycles. The lowest BCUT2D eigenvalue weighted by Gasteiger charge is -2.49. The number of aliphatic hydroxyl groups excluding tert-OH is 3. The van der Waals surface area contributed by atoms with Gasteiger partial charge in [-0.15, -0.1) is 0 Å². The van der Waals surface area contributed by atoms with Crippen molar-refractivity contribution in [3.05, 3.63) is 108 Å². The fourth-order valence-electron chi connectivity index (χ4n) is 8.15. The van der Waals surface area contributed by atoms with Gasteiger partial charge < -0.3 is 78.4 Å². The van der Waals surface area contributed by atoms with Crippen molar-refractivity contribution in [2.45, 2.75) is 159 Å². The van der Waals surface area contributed by atoms with Crippen LogP contribution in [0.4, 0.5) is 4.79 Å². The van der Waals surface area contributed by atoms with Gasteiger partial charge in [0, 0.05) is 13.7 Å². The minimum Gasteiger partial charge on any atom is -0.445 e. The number of carbonyl (C=O) groups is 2. The zero-order valence-corrected chi connectivity index (χ0v) is 38.3. The van der Waals surface area contributed by atoms with Gasteiger partial charge in [0.25, 0.3) is 0 Å². The summed E-state index contributed by atoms with van der Waals surface area (Å²) in [7, 11) is 1.35. The molecule has 3 aromatic carbocycles. The number of aliphatic hydroxyl groups is 4. The number of carbonyl (C=O) groups excluding carboxylic acids is 2. The summed E-state index contributed by atoms with van der Waals surface area (Å²) in [6.45, 7) is 8.43. The number of hydrogen-bond donors (Lipinski definition) is 6. The quantitative estimate of drug-likeness (QED) is 0.0895. The number of benzene rings is 3. The summed E-state index contributed by atoms with van der Waals surface area (Å²) in [5.41, 5.74) is 1.24. The summed E-state index contributed by atoms with van der Waals surface area (Å²) in [5.74, 6) is -0.501. The van der Waals surface area contributed by atoms with Crippen molar-refractivity contribution in [3.63, 3.8) is 0 Å². The zero-order valence-electron chi connectivity index (χ0n) is 38.3. The van der Waals surface area contributed by atoms with E-state index in [9.17, 15) is 30.0 Å². The van der Waals surface area contributed by atoms with Gasteiger partial charge in [-0.1, -0.05) is 91.0 Å². The Morgan fingerprint density at radius 2 is 1.08 bits per heavy atom. The number of hydrogen-bond acceptors (Lipinski definition) is 16. The Bertz CT molecular complexity index is 1910. The molecule has 6 rings (SSSR count). The fourth-order valence-corrected chi connectivity index (χ4v) is 8.15. The molecule has 0 bridgehead atoms. The summed E-state index contributed by atoms with van der Waals surface area (Å²) >= 11 is 0. The van der Waals surface area contributed by atoms with Crippen LogP contribution in [0.5, 0.6) is 0 Å². The number of nitrogens with one attached hydrogen (secondary N) is 2. The van der Waals surface area contributed by atoms with Gasteiger partial charge in [0.1, 0.15) is 55.4 Å². The molecule has 0 spiro atoms. The molecule has 66 heavy (non-hydrogen) atoms. The average Bonchev–Trinajstić information content (AvgIpc) is 3.29. The van der Waals surface area contributed by atoms with Crippen LogP contribution >= 0.6 is 0 Å². The van der Waals surface area contributed by atoms with Crippen molar-refractivity contribution in [2.75, 3.05) is 20.3 Å². The third-order valence-electron chi connectivity index (χ3n) is 11.5. The molecule has 0 unspecified atom stereocenters. The van der Waals surface area contributed by atoms with Gasteiger partial charge in [-0.2, -0.15) is 0 Å². The smallest absolute Gasteiger partial charge is 0.407 e. The van der Waals surface area contributed by atoms with Crippen LogP contribution in [0.1, 0.15) is 57.7 Å². The Labute approximate surface area is 385 Å². The summed E-state index contributed by atoms with van der Waals surface area (Å²) in [4.78, 5) is 25.2. The molecule has 18 heteroatoms. The predicted octanol–water partition coefficient (Wildman–Crippen LogP) is 2.85. The van der Waals surface area contributed by atoms with Gasteiger partial charge in [-0.3, -0.25) is 4.79 Å². The van der Waals surface area contributed by atoms with E-state index < -0.39 is 110 Å². The number of alkyl carbamates (subject to hydrolysis) is 1. The molecular formula is C48H66N2O16. The fraction of sp³-hybridized carbons (Fsp3) is 0.583. The van der Waals surface area contributed by atoms with E-state index in [1.165, 1.54) is 21.0 Å². The second kappa shape index (κ2) is 24.2. The maximum atomic E-state index is 12.8. The Morgan fingerprint density at radius 3 is 1.59 bits per heavy atom. The van der Waals surface area contributed by atoms with Crippen molar-refractivity contribution < 1.29 is 77.4 Å². The Balaban J connectivity index is 1.19. The zero-order chi connectivity index (χ0) is 47.4. The average molecular weight is 927 g/mol. The Hall–Kier alpha value is -4.12.